The predicted octanol–water partition coefficient (Wildman–Crippen LogP) is 5.12. The molecule has 2 aromatic heterocycles. The lowest BCUT2D eigenvalue weighted by Gasteiger charge is -2.22. The Balaban J connectivity index is 1.46. The summed E-state index contributed by atoms with van der Waals surface area (Å²) < 4.78 is 5.66. The fraction of sp³-hybridized carbons (Fsp3) is 0.0952. The second kappa shape index (κ2) is 8.86. The first-order chi connectivity index (χ1) is 13.8. The van der Waals surface area contributed by atoms with E-state index in [0.717, 1.165) is 16.1 Å². The van der Waals surface area contributed by atoms with E-state index in [2.05, 4.69) is 10.2 Å². The lowest BCUT2D eigenvalue weighted by molar-refractivity contribution is -0.116. The van der Waals surface area contributed by atoms with Crippen LogP contribution in [0.4, 0.5) is 5.69 Å². The predicted molar refractivity (Wildman–Crippen MR) is 112 cm³/mol. The Kier molecular flexibility index (Phi) is 5.84. The normalized spacial score (nSPS) is 10.7. The topological polar surface area (TPSA) is 59.2 Å². The smallest absolute Gasteiger partial charge is 0.277 e. The van der Waals surface area contributed by atoms with E-state index >= 15 is 0 Å². The van der Waals surface area contributed by atoms with Gasteiger partial charge in [0, 0.05) is 5.69 Å². The minimum atomic E-state index is -0.0177. The summed E-state index contributed by atoms with van der Waals surface area (Å²) in [6.07, 6.45) is 0. The van der Waals surface area contributed by atoms with Gasteiger partial charge in [-0.05, 0) is 29.1 Å². The summed E-state index contributed by atoms with van der Waals surface area (Å²) in [5.41, 5.74) is 1.93. The van der Waals surface area contributed by atoms with Crippen molar-refractivity contribution in [1.82, 2.24) is 10.2 Å². The highest BCUT2D eigenvalue weighted by Gasteiger charge is 2.18. The molecule has 140 valence electrons. The molecule has 4 aromatic rings. The molecular weight excluding hydrogens is 390 g/mol. The lowest BCUT2D eigenvalue weighted by Crippen LogP contribution is -2.31. The van der Waals surface area contributed by atoms with Gasteiger partial charge in [0.25, 0.3) is 11.1 Å². The highest BCUT2D eigenvalue weighted by molar-refractivity contribution is 7.99. The second-order valence-corrected chi connectivity index (χ2v) is 7.81. The minimum absolute atomic E-state index is 0.0177. The number of hydrogen-bond acceptors (Lipinski definition) is 6. The van der Waals surface area contributed by atoms with Crippen molar-refractivity contribution < 1.29 is 9.21 Å². The summed E-state index contributed by atoms with van der Waals surface area (Å²) >= 11 is 2.79. The monoisotopic (exact) mass is 407 g/mol. The van der Waals surface area contributed by atoms with Crippen LogP contribution < -0.4 is 4.90 Å². The lowest BCUT2D eigenvalue weighted by atomic mass is 10.2. The number of para-hydroxylation sites is 1. The van der Waals surface area contributed by atoms with Gasteiger partial charge in [-0.1, -0.05) is 66.4 Å². The summed E-state index contributed by atoms with van der Waals surface area (Å²) in [6, 6.07) is 23.5. The van der Waals surface area contributed by atoms with E-state index in [4.69, 9.17) is 4.42 Å². The molecule has 0 fully saturated rings. The van der Waals surface area contributed by atoms with Crippen LogP contribution in [0.2, 0.25) is 0 Å². The van der Waals surface area contributed by atoms with Crippen LogP contribution in [0.1, 0.15) is 5.56 Å². The SMILES string of the molecule is O=C(CSc1nnc(-c2cccs2)o1)N(Cc1ccccc1)c1ccccc1. The van der Waals surface area contributed by atoms with E-state index in [0.29, 0.717) is 17.7 Å². The molecule has 2 heterocycles. The molecule has 0 atom stereocenters. The fourth-order valence-corrected chi connectivity index (χ4v) is 3.95. The molecule has 2 aromatic carbocycles. The Hall–Kier alpha value is -2.90. The van der Waals surface area contributed by atoms with Gasteiger partial charge in [-0.2, -0.15) is 0 Å². The van der Waals surface area contributed by atoms with Crippen molar-refractivity contribution in [1.29, 1.82) is 0 Å². The molecule has 28 heavy (non-hydrogen) atoms. The second-order valence-electron chi connectivity index (χ2n) is 5.94. The van der Waals surface area contributed by atoms with Gasteiger partial charge in [-0.15, -0.1) is 21.5 Å². The van der Waals surface area contributed by atoms with Gasteiger partial charge in [-0.3, -0.25) is 4.79 Å². The Morgan fingerprint density at radius 3 is 2.43 bits per heavy atom. The van der Waals surface area contributed by atoms with Crippen molar-refractivity contribution in [3.05, 3.63) is 83.7 Å². The number of nitrogens with zero attached hydrogens (tertiary/aromatic N) is 3. The molecule has 0 N–H and O–H groups in total. The molecule has 7 heteroatoms. The zero-order valence-electron chi connectivity index (χ0n) is 14.9. The Bertz CT molecular complexity index is 1020. The fourth-order valence-electron chi connectivity index (χ4n) is 2.67. The summed E-state index contributed by atoms with van der Waals surface area (Å²) in [4.78, 5) is 15.7. The molecule has 1 amide bonds. The molecule has 0 unspecified atom stereocenters. The number of thioether (sulfide) groups is 1. The van der Waals surface area contributed by atoms with Crippen LogP contribution in [0.5, 0.6) is 0 Å². The molecule has 0 spiro atoms. The van der Waals surface area contributed by atoms with Gasteiger partial charge in [0.15, 0.2) is 0 Å². The number of hydrogen-bond donors (Lipinski definition) is 0. The average molecular weight is 408 g/mol. The molecule has 0 radical (unpaired) electrons. The number of benzene rings is 2. The molecule has 0 saturated carbocycles. The number of carbonyl (C=O) groups excluding carboxylic acids is 1. The van der Waals surface area contributed by atoms with E-state index in [1.165, 1.54) is 23.1 Å². The van der Waals surface area contributed by atoms with E-state index in [-0.39, 0.29) is 11.7 Å². The standard InChI is InChI=1S/C21H17N3O2S2/c25-19(15-28-21-23-22-20(26-21)18-12-7-13-27-18)24(17-10-5-2-6-11-17)14-16-8-3-1-4-9-16/h1-13H,14-15H2. The van der Waals surface area contributed by atoms with Crippen LogP contribution >= 0.6 is 23.1 Å². The molecule has 0 aliphatic heterocycles. The van der Waals surface area contributed by atoms with Gasteiger partial charge >= 0.3 is 0 Å². The Labute approximate surface area is 171 Å². The van der Waals surface area contributed by atoms with Crippen LogP contribution in [-0.2, 0) is 11.3 Å². The average Bonchev–Trinajstić information content (AvgIpc) is 3.43. The van der Waals surface area contributed by atoms with E-state index in [1.807, 2.05) is 78.2 Å². The first-order valence-corrected chi connectivity index (χ1v) is 10.6. The molecule has 0 saturated heterocycles. The quantitative estimate of drug-likeness (QED) is 0.398. The Morgan fingerprint density at radius 1 is 0.964 bits per heavy atom. The first kappa shape index (κ1) is 18.5. The van der Waals surface area contributed by atoms with Crippen molar-refractivity contribution in [3.8, 4) is 10.8 Å². The third kappa shape index (κ3) is 4.49. The molecule has 0 aliphatic carbocycles. The largest absolute Gasteiger partial charge is 0.410 e. The number of rotatable bonds is 7. The maximum atomic E-state index is 13.0. The summed E-state index contributed by atoms with van der Waals surface area (Å²) in [6.45, 7) is 0.508. The van der Waals surface area contributed by atoms with Crippen molar-refractivity contribution in [2.45, 2.75) is 11.8 Å². The maximum absolute atomic E-state index is 13.0. The first-order valence-electron chi connectivity index (χ1n) is 8.69. The molecular formula is C21H17N3O2S2. The van der Waals surface area contributed by atoms with Crippen LogP contribution in [-0.4, -0.2) is 21.9 Å². The third-order valence-electron chi connectivity index (χ3n) is 4.01. The zero-order valence-corrected chi connectivity index (χ0v) is 16.5. The number of anilines is 1. The van der Waals surface area contributed by atoms with Crippen LogP contribution in [0.25, 0.3) is 10.8 Å². The van der Waals surface area contributed by atoms with Gasteiger partial charge in [0.2, 0.25) is 5.91 Å². The summed E-state index contributed by atoms with van der Waals surface area (Å²) in [5, 5.41) is 10.4. The van der Waals surface area contributed by atoms with Gasteiger partial charge in [0.1, 0.15) is 0 Å². The molecule has 5 nitrogen and oxygen atoms in total. The Morgan fingerprint density at radius 2 is 1.71 bits per heavy atom. The summed E-state index contributed by atoms with van der Waals surface area (Å²) in [5.74, 6) is 0.679. The van der Waals surface area contributed by atoms with E-state index in [1.54, 1.807) is 4.90 Å². The highest BCUT2D eigenvalue weighted by atomic mass is 32.2. The highest BCUT2D eigenvalue weighted by Crippen LogP contribution is 2.27. The molecule has 0 aliphatic rings. The van der Waals surface area contributed by atoms with Crippen molar-refractivity contribution in [2.75, 3.05) is 10.7 Å². The number of amides is 1. The molecule has 4 rings (SSSR count). The molecule has 0 bridgehead atoms. The van der Waals surface area contributed by atoms with E-state index < -0.39 is 0 Å². The third-order valence-corrected chi connectivity index (χ3v) is 5.67. The van der Waals surface area contributed by atoms with Crippen LogP contribution in [0, 0.1) is 0 Å². The number of carbonyl (C=O) groups is 1. The number of aromatic nitrogens is 2. The van der Waals surface area contributed by atoms with Crippen LogP contribution in [0.3, 0.4) is 0 Å². The maximum Gasteiger partial charge on any atom is 0.277 e. The van der Waals surface area contributed by atoms with Crippen molar-refractivity contribution >= 4 is 34.7 Å². The van der Waals surface area contributed by atoms with Gasteiger partial charge in [-0.25, -0.2) is 0 Å². The number of thiophene rings is 1. The van der Waals surface area contributed by atoms with Gasteiger partial charge < -0.3 is 9.32 Å². The van der Waals surface area contributed by atoms with Gasteiger partial charge in [0.05, 0.1) is 17.2 Å². The summed E-state index contributed by atoms with van der Waals surface area (Å²) in [7, 11) is 0. The van der Waals surface area contributed by atoms with Crippen molar-refractivity contribution in [3.63, 3.8) is 0 Å². The van der Waals surface area contributed by atoms with Crippen LogP contribution in [0.15, 0.2) is 87.8 Å². The zero-order chi connectivity index (χ0) is 19.2. The minimum Gasteiger partial charge on any atom is -0.410 e. The van der Waals surface area contributed by atoms with E-state index in [9.17, 15) is 4.79 Å². The van der Waals surface area contributed by atoms with Crippen molar-refractivity contribution in [2.24, 2.45) is 0 Å².